The van der Waals surface area contributed by atoms with Gasteiger partial charge in [-0.2, -0.15) is 0 Å². The van der Waals surface area contributed by atoms with Crippen LogP contribution in [0.25, 0.3) is 0 Å². The normalized spacial score (nSPS) is 13.2. The van der Waals surface area contributed by atoms with Gasteiger partial charge in [0.15, 0.2) is 0 Å². The standard InChI is InChI=1S/C21H27NO2Se/c1-3-11-19(25-18-14-9-6-10-15-18)20(21(23)24-4-2)22-16-17-12-7-5-8-13-17/h5-10,12-15,19-20,22H,3-4,11,16H2,1-2H3. The van der Waals surface area contributed by atoms with E-state index in [2.05, 4.69) is 48.6 Å². The third kappa shape index (κ3) is 6.66. The molecular formula is C21H27NO2Se. The summed E-state index contributed by atoms with van der Waals surface area (Å²) in [6, 6.07) is 20.4. The van der Waals surface area contributed by atoms with Gasteiger partial charge in [-0.3, -0.25) is 0 Å². The van der Waals surface area contributed by atoms with E-state index >= 15 is 0 Å². The van der Waals surface area contributed by atoms with Crippen molar-refractivity contribution in [3.05, 3.63) is 66.2 Å². The van der Waals surface area contributed by atoms with Crippen molar-refractivity contribution in [3.8, 4) is 0 Å². The number of hydrogen-bond acceptors (Lipinski definition) is 3. The molecule has 2 unspecified atom stereocenters. The van der Waals surface area contributed by atoms with Gasteiger partial charge in [-0.15, -0.1) is 0 Å². The van der Waals surface area contributed by atoms with E-state index in [1.807, 2.05) is 31.2 Å². The topological polar surface area (TPSA) is 38.3 Å². The van der Waals surface area contributed by atoms with Crippen LogP contribution in [0.4, 0.5) is 0 Å². The van der Waals surface area contributed by atoms with Crippen molar-refractivity contribution in [2.24, 2.45) is 0 Å². The molecule has 0 fully saturated rings. The minimum atomic E-state index is -0.264. The number of carbonyl (C=O) groups excluding carboxylic acids is 1. The number of benzene rings is 2. The van der Waals surface area contributed by atoms with Gasteiger partial charge in [-0.1, -0.05) is 0 Å². The van der Waals surface area contributed by atoms with Crippen LogP contribution in [0.5, 0.6) is 0 Å². The molecule has 0 heterocycles. The fourth-order valence-electron chi connectivity index (χ4n) is 2.67. The van der Waals surface area contributed by atoms with Gasteiger partial charge in [0.25, 0.3) is 0 Å². The van der Waals surface area contributed by atoms with Gasteiger partial charge in [0, 0.05) is 0 Å². The fourth-order valence-corrected chi connectivity index (χ4v) is 5.53. The molecule has 0 amide bonds. The molecular weight excluding hydrogens is 377 g/mol. The molecule has 0 aliphatic rings. The van der Waals surface area contributed by atoms with Crippen LogP contribution in [0, 0.1) is 0 Å². The van der Waals surface area contributed by atoms with Crippen LogP contribution in [0.1, 0.15) is 32.3 Å². The van der Waals surface area contributed by atoms with Crippen molar-refractivity contribution in [3.63, 3.8) is 0 Å². The van der Waals surface area contributed by atoms with E-state index in [-0.39, 0.29) is 31.8 Å². The van der Waals surface area contributed by atoms with Crippen molar-refractivity contribution in [2.45, 2.75) is 44.1 Å². The molecule has 0 aliphatic heterocycles. The molecule has 0 spiro atoms. The van der Waals surface area contributed by atoms with Crippen molar-refractivity contribution in [2.75, 3.05) is 6.61 Å². The predicted octanol–water partition coefficient (Wildman–Crippen LogP) is 3.33. The Balaban J connectivity index is 2.12. The number of ether oxygens (including phenoxy) is 1. The van der Waals surface area contributed by atoms with Gasteiger partial charge in [0.1, 0.15) is 0 Å². The molecule has 1 N–H and O–H groups in total. The molecule has 0 bridgehead atoms. The van der Waals surface area contributed by atoms with E-state index in [9.17, 15) is 4.79 Å². The zero-order chi connectivity index (χ0) is 17.9. The third-order valence-electron chi connectivity index (χ3n) is 3.89. The van der Waals surface area contributed by atoms with E-state index in [4.69, 9.17) is 4.74 Å². The van der Waals surface area contributed by atoms with Crippen LogP contribution in [-0.2, 0) is 16.1 Å². The van der Waals surface area contributed by atoms with E-state index in [0.717, 1.165) is 12.8 Å². The summed E-state index contributed by atoms with van der Waals surface area (Å²) in [5, 5.41) is 3.47. The van der Waals surface area contributed by atoms with Crippen LogP contribution in [-0.4, -0.2) is 33.6 Å². The average Bonchev–Trinajstić information content (AvgIpc) is 2.64. The summed E-state index contributed by atoms with van der Waals surface area (Å²) in [7, 11) is 0. The Kier molecular flexibility index (Phi) is 8.75. The fraction of sp³-hybridized carbons (Fsp3) is 0.381. The van der Waals surface area contributed by atoms with Gasteiger partial charge in [-0.25, -0.2) is 0 Å². The molecule has 2 aromatic rings. The van der Waals surface area contributed by atoms with E-state index < -0.39 is 0 Å². The first-order valence-electron chi connectivity index (χ1n) is 8.90. The maximum atomic E-state index is 12.6. The quantitative estimate of drug-likeness (QED) is 0.488. The van der Waals surface area contributed by atoms with Gasteiger partial charge in [0.2, 0.25) is 0 Å². The first-order valence-corrected chi connectivity index (χ1v) is 10.7. The summed E-state index contributed by atoms with van der Waals surface area (Å²) >= 11 is 0.221. The molecule has 3 nitrogen and oxygen atoms in total. The average molecular weight is 404 g/mol. The first-order chi connectivity index (χ1) is 12.2. The van der Waals surface area contributed by atoms with Gasteiger partial charge >= 0.3 is 157 Å². The maximum absolute atomic E-state index is 12.6. The molecule has 134 valence electrons. The summed E-state index contributed by atoms with van der Waals surface area (Å²) < 4.78 is 6.69. The molecule has 0 aromatic heterocycles. The Morgan fingerprint density at radius 3 is 2.28 bits per heavy atom. The zero-order valence-corrected chi connectivity index (χ0v) is 16.7. The Labute approximate surface area is 157 Å². The van der Waals surface area contributed by atoms with Gasteiger partial charge in [-0.05, 0) is 0 Å². The van der Waals surface area contributed by atoms with Crippen molar-refractivity contribution < 1.29 is 9.53 Å². The number of rotatable bonds is 10. The Morgan fingerprint density at radius 1 is 1.04 bits per heavy atom. The molecule has 25 heavy (non-hydrogen) atoms. The summed E-state index contributed by atoms with van der Waals surface area (Å²) in [6.07, 6.45) is 2.07. The third-order valence-corrected chi connectivity index (χ3v) is 6.73. The number of nitrogens with one attached hydrogen (secondary N) is 1. The second kappa shape index (κ2) is 11.1. The molecule has 4 heteroatoms. The van der Waals surface area contributed by atoms with E-state index in [1.165, 1.54) is 10.0 Å². The number of carbonyl (C=O) groups is 1. The van der Waals surface area contributed by atoms with Gasteiger partial charge < -0.3 is 0 Å². The Hall–Kier alpha value is -1.61. The monoisotopic (exact) mass is 405 g/mol. The van der Waals surface area contributed by atoms with Gasteiger partial charge in [0.05, 0.1) is 0 Å². The first kappa shape index (κ1) is 19.7. The summed E-state index contributed by atoms with van der Waals surface area (Å²) in [5.41, 5.74) is 1.18. The molecule has 0 saturated carbocycles. The predicted molar refractivity (Wildman–Crippen MR) is 104 cm³/mol. The molecule has 0 radical (unpaired) electrons. The Morgan fingerprint density at radius 2 is 1.68 bits per heavy atom. The summed E-state index contributed by atoms with van der Waals surface area (Å²) in [5.74, 6) is -0.130. The van der Waals surface area contributed by atoms with Crippen LogP contribution >= 0.6 is 0 Å². The molecule has 2 rings (SSSR count). The van der Waals surface area contributed by atoms with Crippen LogP contribution in [0.3, 0.4) is 0 Å². The molecule has 0 saturated heterocycles. The Bertz CT molecular complexity index is 618. The van der Waals surface area contributed by atoms with Crippen molar-refractivity contribution in [1.82, 2.24) is 5.32 Å². The molecule has 2 atom stereocenters. The SMILES string of the molecule is CCCC([Se]c1ccccc1)C(NCc1ccccc1)C(=O)OCC. The second-order valence-corrected chi connectivity index (χ2v) is 8.61. The van der Waals surface area contributed by atoms with Crippen molar-refractivity contribution in [1.29, 1.82) is 0 Å². The number of esters is 1. The van der Waals surface area contributed by atoms with Crippen LogP contribution < -0.4 is 9.78 Å². The van der Waals surface area contributed by atoms with E-state index in [0.29, 0.717) is 13.2 Å². The van der Waals surface area contributed by atoms with E-state index in [1.54, 1.807) is 0 Å². The molecule has 2 aromatic carbocycles. The minimum absolute atomic E-state index is 0.130. The summed E-state index contributed by atoms with van der Waals surface area (Å²) in [6.45, 7) is 5.13. The summed E-state index contributed by atoms with van der Waals surface area (Å²) in [4.78, 5) is 12.9. The van der Waals surface area contributed by atoms with Crippen LogP contribution in [0.2, 0.25) is 4.82 Å². The van der Waals surface area contributed by atoms with Crippen LogP contribution in [0.15, 0.2) is 60.7 Å². The second-order valence-electron chi connectivity index (χ2n) is 5.85. The van der Waals surface area contributed by atoms with Crippen molar-refractivity contribution >= 4 is 25.4 Å². The zero-order valence-electron chi connectivity index (χ0n) is 15.0. The number of hydrogen-bond donors (Lipinski definition) is 1. The molecule has 0 aliphatic carbocycles.